The summed E-state index contributed by atoms with van der Waals surface area (Å²) in [4.78, 5) is 30.5. The maximum Gasteiger partial charge on any atom is 0.405 e. The molecule has 3 saturated heterocycles. The highest BCUT2D eigenvalue weighted by Gasteiger charge is 2.42. The summed E-state index contributed by atoms with van der Waals surface area (Å²) in [5.74, 6) is 0.336. The summed E-state index contributed by atoms with van der Waals surface area (Å²) in [7, 11) is 0. The van der Waals surface area contributed by atoms with Gasteiger partial charge in [0.2, 0.25) is 0 Å². The van der Waals surface area contributed by atoms with E-state index in [1.165, 1.54) is 6.92 Å². The smallest absolute Gasteiger partial charge is 0.405 e. The van der Waals surface area contributed by atoms with E-state index >= 15 is 0 Å². The van der Waals surface area contributed by atoms with Crippen LogP contribution in [0.2, 0.25) is 0 Å². The Morgan fingerprint density at radius 2 is 2.15 bits per heavy atom. The first kappa shape index (κ1) is 23.9. The van der Waals surface area contributed by atoms with E-state index < -0.39 is 24.3 Å². The van der Waals surface area contributed by atoms with Gasteiger partial charge in [-0.3, -0.25) is 4.90 Å². The second kappa shape index (κ2) is 9.95. The lowest BCUT2D eigenvalue weighted by atomic mass is 9.73. The molecule has 180 valence electrons. The van der Waals surface area contributed by atoms with E-state index in [9.17, 15) is 14.7 Å². The number of para-hydroxylation sites is 1. The largest absolute Gasteiger partial charge is 0.458 e. The van der Waals surface area contributed by atoms with Crippen molar-refractivity contribution in [3.8, 4) is 0 Å². The molecule has 5 rings (SSSR count). The Balaban J connectivity index is 1.69. The summed E-state index contributed by atoms with van der Waals surface area (Å²) in [6, 6.07) is 9.18. The third-order valence-electron chi connectivity index (χ3n) is 6.91. The standard InChI is InChI=1S/C26H31N3O5/c1-4-16-13-29-10-9-17(16)11-22(29)24(30)19-12-21(28-20-8-6-5-7-18(19)20)23(34-26(27)32)14-33-25(31)15(2)3/h4-8,12,16-17,22-24,30H,1-2,9-11,13-14H2,3H3,(H2,27,32)/t16-,17+,22+,23?,24-/m1/s1. The number of benzene rings is 1. The molecule has 2 aromatic rings. The fraction of sp³-hybridized carbons (Fsp3) is 0.423. The molecule has 4 heterocycles. The van der Waals surface area contributed by atoms with Crippen molar-refractivity contribution in [1.82, 2.24) is 9.88 Å². The molecule has 6 atom stereocenters. The van der Waals surface area contributed by atoms with Crippen LogP contribution in [0.4, 0.5) is 4.79 Å². The van der Waals surface area contributed by atoms with Crippen LogP contribution in [0.25, 0.3) is 10.9 Å². The first-order chi connectivity index (χ1) is 16.3. The van der Waals surface area contributed by atoms with Gasteiger partial charge in [0, 0.05) is 23.5 Å². The summed E-state index contributed by atoms with van der Waals surface area (Å²) in [5.41, 5.74) is 7.18. The second-order valence-electron chi connectivity index (χ2n) is 9.15. The molecule has 1 aromatic carbocycles. The number of nitrogens with zero attached hydrogens (tertiary/aromatic N) is 2. The Bertz CT molecular complexity index is 1120. The van der Waals surface area contributed by atoms with Gasteiger partial charge in [-0.25, -0.2) is 14.6 Å². The summed E-state index contributed by atoms with van der Waals surface area (Å²) in [5, 5.41) is 12.4. The number of primary amides is 1. The quantitative estimate of drug-likeness (QED) is 0.349. The average Bonchev–Trinajstić information content (AvgIpc) is 2.84. The SMILES string of the molecule is C=C[C@@H]1CN2CC[C@H]1C[C@H]2[C@H](O)c1cc(C(COC(=O)C(=C)C)OC(N)=O)nc2ccccc12. The molecule has 0 spiro atoms. The molecule has 34 heavy (non-hydrogen) atoms. The highest BCUT2D eigenvalue weighted by Crippen LogP contribution is 2.42. The van der Waals surface area contributed by atoms with Crippen molar-refractivity contribution >= 4 is 23.0 Å². The van der Waals surface area contributed by atoms with Crippen LogP contribution in [-0.4, -0.2) is 52.8 Å². The lowest BCUT2D eigenvalue weighted by Crippen LogP contribution is -2.54. The summed E-state index contributed by atoms with van der Waals surface area (Å²) < 4.78 is 10.5. The fourth-order valence-electron chi connectivity index (χ4n) is 5.14. The van der Waals surface area contributed by atoms with Crippen LogP contribution < -0.4 is 5.73 Å². The maximum atomic E-state index is 11.9. The molecule has 8 heteroatoms. The average molecular weight is 466 g/mol. The molecule has 0 radical (unpaired) electrons. The van der Waals surface area contributed by atoms with E-state index in [4.69, 9.17) is 15.2 Å². The Morgan fingerprint density at radius 3 is 2.79 bits per heavy atom. The maximum absolute atomic E-state index is 11.9. The van der Waals surface area contributed by atoms with Crippen molar-refractivity contribution in [1.29, 1.82) is 0 Å². The molecule has 3 N–H and O–H groups in total. The molecule has 1 aromatic heterocycles. The zero-order valence-electron chi connectivity index (χ0n) is 19.4. The fourth-order valence-corrected chi connectivity index (χ4v) is 5.14. The van der Waals surface area contributed by atoms with E-state index in [1.807, 2.05) is 30.3 Å². The molecule has 1 amide bonds. The second-order valence-corrected chi connectivity index (χ2v) is 9.15. The van der Waals surface area contributed by atoms with Gasteiger partial charge in [-0.05, 0) is 55.8 Å². The third-order valence-corrected chi connectivity index (χ3v) is 6.91. The van der Waals surface area contributed by atoms with Crippen molar-refractivity contribution in [3.63, 3.8) is 0 Å². The van der Waals surface area contributed by atoms with Crippen molar-refractivity contribution in [2.45, 2.75) is 38.0 Å². The Kier molecular flexibility index (Phi) is 7.00. The Hall–Kier alpha value is -3.23. The molecule has 2 bridgehead atoms. The van der Waals surface area contributed by atoms with Gasteiger partial charge in [-0.15, -0.1) is 6.58 Å². The molecule has 3 fully saturated rings. The van der Waals surface area contributed by atoms with E-state index in [2.05, 4.69) is 23.0 Å². The number of aromatic nitrogens is 1. The van der Waals surface area contributed by atoms with E-state index in [-0.39, 0.29) is 18.2 Å². The van der Waals surface area contributed by atoms with Crippen LogP contribution in [0.3, 0.4) is 0 Å². The van der Waals surface area contributed by atoms with Crippen LogP contribution in [0.15, 0.2) is 55.1 Å². The minimum Gasteiger partial charge on any atom is -0.458 e. The molecule has 0 saturated carbocycles. The number of nitrogens with two attached hydrogens (primary N) is 1. The number of ether oxygens (including phenoxy) is 2. The number of carbonyl (C=O) groups excluding carboxylic acids is 2. The van der Waals surface area contributed by atoms with Gasteiger partial charge in [0.1, 0.15) is 6.61 Å². The van der Waals surface area contributed by atoms with Crippen LogP contribution in [0.1, 0.15) is 43.2 Å². The van der Waals surface area contributed by atoms with Gasteiger partial charge in [-0.1, -0.05) is 30.9 Å². The first-order valence-electron chi connectivity index (χ1n) is 11.5. The number of carbonyl (C=O) groups is 2. The summed E-state index contributed by atoms with van der Waals surface area (Å²) in [6.45, 7) is 10.6. The number of rotatable bonds is 8. The monoisotopic (exact) mass is 465 g/mol. The highest BCUT2D eigenvalue weighted by molar-refractivity contribution is 5.87. The number of hydrogen-bond acceptors (Lipinski definition) is 7. The topological polar surface area (TPSA) is 115 Å². The summed E-state index contributed by atoms with van der Waals surface area (Å²) >= 11 is 0. The van der Waals surface area contributed by atoms with Crippen molar-refractivity contribution < 1.29 is 24.2 Å². The zero-order chi connectivity index (χ0) is 24.4. The number of piperidine rings is 3. The first-order valence-corrected chi connectivity index (χ1v) is 11.5. The highest BCUT2D eigenvalue weighted by atomic mass is 16.6. The number of aliphatic hydroxyl groups is 1. The van der Waals surface area contributed by atoms with Crippen molar-refractivity contribution in [2.24, 2.45) is 17.6 Å². The number of pyridine rings is 1. The van der Waals surface area contributed by atoms with E-state index in [1.54, 1.807) is 6.07 Å². The van der Waals surface area contributed by atoms with Gasteiger partial charge < -0.3 is 20.3 Å². The molecule has 8 nitrogen and oxygen atoms in total. The van der Waals surface area contributed by atoms with Crippen molar-refractivity contribution in [3.05, 3.63) is 66.4 Å². The molecular formula is C26H31N3O5. The molecule has 3 aliphatic heterocycles. The predicted octanol–water partition coefficient (Wildman–Crippen LogP) is 3.42. The van der Waals surface area contributed by atoms with E-state index in [0.29, 0.717) is 28.6 Å². The normalized spacial score (nSPS) is 25.4. The number of fused-ring (bicyclic) bond motifs is 4. The van der Waals surface area contributed by atoms with E-state index in [0.717, 1.165) is 31.3 Å². The van der Waals surface area contributed by atoms with Gasteiger partial charge >= 0.3 is 12.1 Å². The van der Waals surface area contributed by atoms with Crippen LogP contribution in [-0.2, 0) is 14.3 Å². The molecule has 2 unspecified atom stereocenters. The molecule has 0 aliphatic carbocycles. The van der Waals surface area contributed by atoms with Gasteiger partial charge in [-0.2, -0.15) is 0 Å². The van der Waals surface area contributed by atoms with Gasteiger partial charge in [0.05, 0.1) is 17.3 Å². The Labute approximate surface area is 199 Å². The summed E-state index contributed by atoms with van der Waals surface area (Å²) in [6.07, 6.45) is 1.19. The number of aliphatic hydroxyl groups excluding tert-OH is 1. The molecular weight excluding hydrogens is 434 g/mol. The van der Waals surface area contributed by atoms with Crippen LogP contribution in [0.5, 0.6) is 0 Å². The van der Waals surface area contributed by atoms with Crippen molar-refractivity contribution in [2.75, 3.05) is 19.7 Å². The zero-order valence-corrected chi connectivity index (χ0v) is 19.4. The number of amides is 1. The number of hydrogen-bond donors (Lipinski definition) is 2. The third kappa shape index (κ3) is 4.83. The minimum absolute atomic E-state index is 0.0367. The minimum atomic E-state index is -1.02. The lowest BCUT2D eigenvalue weighted by molar-refractivity contribution is -0.142. The van der Waals surface area contributed by atoms with Gasteiger partial charge in [0.15, 0.2) is 6.10 Å². The van der Waals surface area contributed by atoms with Crippen LogP contribution >= 0.6 is 0 Å². The molecule has 3 aliphatic rings. The van der Waals surface area contributed by atoms with Crippen LogP contribution in [0, 0.1) is 11.8 Å². The Morgan fingerprint density at radius 1 is 1.38 bits per heavy atom. The predicted molar refractivity (Wildman–Crippen MR) is 128 cm³/mol. The van der Waals surface area contributed by atoms with Gasteiger partial charge in [0.25, 0.3) is 0 Å². The number of esters is 1. The lowest BCUT2D eigenvalue weighted by Gasteiger charge is -2.50.